The van der Waals surface area contributed by atoms with Crippen LogP contribution in [0.25, 0.3) is 0 Å². The summed E-state index contributed by atoms with van der Waals surface area (Å²) in [6.45, 7) is 12.9. The second kappa shape index (κ2) is 5.80. The van der Waals surface area contributed by atoms with E-state index >= 15 is 0 Å². The van der Waals surface area contributed by atoms with E-state index in [0.717, 1.165) is 26.2 Å². The Kier molecular flexibility index (Phi) is 4.38. The maximum absolute atomic E-state index is 3.52. The lowest BCUT2D eigenvalue weighted by molar-refractivity contribution is 0.174. The summed E-state index contributed by atoms with van der Waals surface area (Å²) in [6.07, 6.45) is 0. The molecule has 2 aliphatic heterocycles. The van der Waals surface area contributed by atoms with Gasteiger partial charge in [-0.05, 0) is 6.92 Å². The van der Waals surface area contributed by atoms with Crippen molar-refractivity contribution in [3.63, 3.8) is 0 Å². The fraction of sp³-hybridized carbons (Fsp3) is 1.00. The van der Waals surface area contributed by atoms with Gasteiger partial charge in [-0.3, -0.25) is 9.80 Å². The van der Waals surface area contributed by atoms with Gasteiger partial charge in [-0.2, -0.15) is 0 Å². The molecule has 0 amide bonds. The van der Waals surface area contributed by atoms with Crippen LogP contribution in [-0.4, -0.2) is 74.7 Å². The zero-order valence-corrected chi connectivity index (χ0v) is 9.84. The van der Waals surface area contributed by atoms with Crippen LogP contribution in [0.4, 0.5) is 0 Å². The predicted molar refractivity (Wildman–Crippen MR) is 63.2 cm³/mol. The van der Waals surface area contributed by atoms with E-state index in [1.165, 1.54) is 32.7 Å². The molecule has 2 N–H and O–H groups in total. The van der Waals surface area contributed by atoms with Crippen LogP contribution in [0.3, 0.4) is 0 Å². The minimum absolute atomic E-state index is 0.699. The third-order valence-electron chi connectivity index (χ3n) is 3.51. The molecule has 0 aliphatic carbocycles. The maximum atomic E-state index is 3.52. The molecule has 4 heteroatoms. The Morgan fingerprint density at radius 3 is 2.00 bits per heavy atom. The molecule has 2 fully saturated rings. The van der Waals surface area contributed by atoms with Gasteiger partial charge in [-0.15, -0.1) is 0 Å². The van der Waals surface area contributed by atoms with Crippen LogP contribution >= 0.6 is 0 Å². The Morgan fingerprint density at radius 1 is 0.867 bits per heavy atom. The number of hydrogen-bond donors (Lipinski definition) is 2. The molecule has 2 bridgehead atoms. The first kappa shape index (κ1) is 11.3. The van der Waals surface area contributed by atoms with Gasteiger partial charge in [0.25, 0.3) is 0 Å². The molecule has 0 unspecified atom stereocenters. The molecular formula is C11H24N4. The summed E-state index contributed by atoms with van der Waals surface area (Å²) in [4.78, 5) is 5.18. The first-order chi connectivity index (χ1) is 7.36. The first-order valence-corrected chi connectivity index (χ1v) is 6.24. The summed E-state index contributed by atoms with van der Waals surface area (Å²) >= 11 is 0. The molecule has 2 heterocycles. The van der Waals surface area contributed by atoms with Gasteiger partial charge in [0.2, 0.25) is 0 Å². The van der Waals surface area contributed by atoms with Gasteiger partial charge in [0.15, 0.2) is 0 Å². The van der Waals surface area contributed by atoms with Crippen molar-refractivity contribution in [1.82, 2.24) is 20.4 Å². The van der Waals surface area contributed by atoms with Crippen molar-refractivity contribution in [1.29, 1.82) is 0 Å². The van der Waals surface area contributed by atoms with Gasteiger partial charge >= 0.3 is 0 Å². The van der Waals surface area contributed by atoms with E-state index < -0.39 is 0 Å². The van der Waals surface area contributed by atoms with E-state index in [1.54, 1.807) is 0 Å². The average molecular weight is 212 g/mol. The summed E-state index contributed by atoms with van der Waals surface area (Å²) in [5.41, 5.74) is 0. The van der Waals surface area contributed by atoms with Gasteiger partial charge in [-0.25, -0.2) is 0 Å². The van der Waals surface area contributed by atoms with Gasteiger partial charge in [0.05, 0.1) is 0 Å². The molecule has 0 aromatic rings. The van der Waals surface area contributed by atoms with Crippen LogP contribution in [0, 0.1) is 0 Å². The number of fused-ring (bicyclic) bond motifs is 3. The number of rotatable bonds is 0. The lowest BCUT2D eigenvalue weighted by atomic mass is 10.2. The van der Waals surface area contributed by atoms with E-state index in [-0.39, 0.29) is 0 Å². The van der Waals surface area contributed by atoms with Crippen molar-refractivity contribution >= 4 is 0 Å². The molecule has 0 saturated carbocycles. The highest BCUT2D eigenvalue weighted by Crippen LogP contribution is 2.04. The molecule has 0 aromatic carbocycles. The third-order valence-corrected chi connectivity index (χ3v) is 3.51. The molecule has 0 spiro atoms. The molecule has 2 saturated heterocycles. The molecule has 0 radical (unpaired) electrons. The fourth-order valence-corrected chi connectivity index (χ4v) is 2.51. The quantitative estimate of drug-likeness (QED) is 0.549. The molecular weight excluding hydrogens is 188 g/mol. The largest absolute Gasteiger partial charge is 0.314 e. The summed E-state index contributed by atoms with van der Waals surface area (Å²) in [5, 5.41) is 7.04. The van der Waals surface area contributed by atoms with Crippen LogP contribution in [0.15, 0.2) is 0 Å². The minimum Gasteiger partial charge on any atom is -0.314 e. The van der Waals surface area contributed by atoms with Crippen molar-refractivity contribution in [2.45, 2.75) is 13.0 Å². The zero-order valence-electron chi connectivity index (χ0n) is 9.84. The smallest absolute Gasteiger partial charge is 0.0195 e. The van der Waals surface area contributed by atoms with Crippen molar-refractivity contribution < 1.29 is 0 Å². The normalized spacial score (nSPS) is 39.4. The minimum atomic E-state index is 0.699. The number of nitrogens with one attached hydrogen (secondary N) is 2. The zero-order chi connectivity index (χ0) is 10.5. The van der Waals surface area contributed by atoms with Gasteiger partial charge < -0.3 is 10.6 Å². The number of hydrogen-bond acceptors (Lipinski definition) is 4. The lowest BCUT2D eigenvalue weighted by Gasteiger charge is -2.30. The Balaban J connectivity index is 2.01. The predicted octanol–water partition coefficient (Wildman–Crippen LogP) is -0.815. The Labute approximate surface area is 93.0 Å². The molecule has 0 aromatic heterocycles. The SMILES string of the molecule is C[C@@H]1CN2CCNCCN1CCNCC2. The van der Waals surface area contributed by atoms with E-state index in [4.69, 9.17) is 0 Å². The monoisotopic (exact) mass is 212 g/mol. The topological polar surface area (TPSA) is 30.5 Å². The third kappa shape index (κ3) is 3.41. The van der Waals surface area contributed by atoms with Gasteiger partial charge in [0, 0.05) is 64.9 Å². The van der Waals surface area contributed by atoms with Crippen LogP contribution in [0.5, 0.6) is 0 Å². The number of nitrogens with zero attached hydrogens (tertiary/aromatic N) is 2. The second-order valence-corrected chi connectivity index (χ2v) is 4.69. The Bertz CT molecular complexity index is 171. The maximum Gasteiger partial charge on any atom is 0.0195 e. The van der Waals surface area contributed by atoms with E-state index in [0.29, 0.717) is 6.04 Å². The van der Waals surface area contributed by atoms with Crippen molar-refractivity contribution in [3.8, 4) is 0 Å². The Hall–Kier alpha value is -0.160. The molecule has 1 atom stereocenters. The molecule has 4 nitrogen and oxygen atoms in total. The molecule has 2 aliphatic rings. The van der Waals surface area contributed by atoms with E-state index in [1.807, 2.05) is 0 Å². The second-order valence-electron chi connectivity index (χ2n) is 4.69. The van der Waals surface area contributed by atoms with Gasteiger partial charge in [0.1, 0.15) is 0 Å². The summed E-state index contributed by atoms with van der Waals surface area (Å²) < 4.78 is 0. The van der Waals surface area contributed by atoms with E-state index in [2.05, 4.69) is 27.4 Å². The summed E-state index contributed by atoms with van der Waals surface area (Å²) in [7, 11) is 0. The molecule has 88 valence electrons. The van der Waals surface area contributed by atoms with Crippen LogP contribution in [-0.2, 0) is 0 Å². The summed E-state index contributed by atoms with van der Waals surface area (Å²) in [5.74, 6) is 0. The lowest BCUT2D eigenvalue weighted by Crippen LogP contribution is -2.43. The van der Waals surface area contributed by atoms with E-state index in [9.17, 15) is 0 Å². The van der Waals surface area contributed by atoms with Crippen molar-refractivity contribution in [3.05, 3.63) is 0 Å². The van der Waals surface area contributed by atoms with Crippen LogP contribution in [0.1, 0.15) is 6.92 Å². The first-order valence-electron chi connectivity index (χ1n) is 6.24. The average Bonchev–Trinajstić information content (AvgIpc) is 2.33. The highest BCUT2D eigenvalue weighted by atomic mass is 15.3. The summed E-state index contributed by atoms with van der Waals surface area (Å²) in [6, 6.07) is 0.699. The van der Waals surface area contributed by atoms with Crippen molar-refractivity contribution in [2.24, 2.45) is 0 Å². The Morgan fingerprint density at radius 2 is 1.40 bits per heavy atom. The molecule has 15 heavy (non-hydrogen) atoms. The highest BCUT2D eigenvalue weighted by molar-refractivity contribution is 4.78. The standard InChI is InChI=1S/C11H24N4/c1-11-10-14-6-2-12-4-8-15(11)9-5-13-3-7-14/h11-13H,2-10H2,1H3/t11-/m1/s1. The van der Waals surface area contributed by atoms with Gasteiger partial charge in [-0.1, -0.05) is 0 Å². The fourth-order valence-electron chi connectivity index (χ4n) is 2.51. The van der Waals surface area contributed by atoms with Crippen LogP contribution < -0.4 is 10.6 Å². The molecule has 2 rings (SSSR count). The highest BCUT2D eigenvalue weighted by Gasteiger charge is 2.19. The van der Waals surface area contributed by atoms with Crippen molar-refractivity contribution in [2.75, 3.05) is 58.9 Å². The van der Waals surface area contributed by atoms with Crippen LogP contribution in [0.2, 0.25) is 0 Å².